The zero-order chi connectivity index (χ0) is 13.7. The number of anilines is 1. The zero-order valence-electron chi connectivity index (χ0n) is 11.1. The average Bonchev–Trinajstić information content (AvgIpc) is 2.86. The molecule has 1 heterocycles. The highest BCUT2D eigenvalue weighted by molar-refractivity contribution is 7.99. The van der Waals surface area contributed by atoms with Crippen LogP contribution in [0.1, 0.15) is 36.5 Å². The van der Waals surface area contributed by atoms with Gasteiger partial charge >= 0.3 is 0 Å². The van der Waals surface area contributed by atoms with E-state index in [0.717, 1.165) is 18.6 Å². The third-order valence-electron chi connectivity index (χ3n) is 3.30. The molecule has 0 aromatic carbocycles. The molecule has 0 saturated heterocycles. The molecule has 0 bridgehead atoms. The molecule has 1 amide bonds. The Morgan fingerprint density at radius 3 is 3.00 bits per heavy atom. The van der Waals surface area contributed by atoms with Crippen LogP contribution >= 0.6 is 11.8 Å². The van der Waals surface area contributed by atoms with Gasteiger partial charge in [0, 0.05) is 17.5 Å². The summed E-state index contributed by atoms with van der Waals surface area (Å²) in [5.74, 6) is 6.88. The van der Waals surface area contributed by atoms with E-state index in [0.29, 0.717) is 22.7 Å². The molecule has 104 valence electrons. The van der Waals surface area contributed by atoms with Gasteiger partial charge < -0.3 is 10.7 Å². The van der Waals surface area contributed by atoms with Gasteiger partial charge in [-0.05, 0) is 37.1 Å². The van der Waals surface area contributed by atoms with E-state index in [2.05, 4.69) is 22.7 Å². The van der Waals surface area contributed by atoms with Gasteiger partial charge in [-0.3, -0.25) is 4.79 Å². The number of aromatic nitrogens is 1. The SMILES string of the molecule is CCSC1CCC(NC(=O)c2ccc(NN)nc2)C1. The molecular weight excluding hydrogens is 260 g/mol. The van der Waals surface area contributed by atoms with Crippen LogP contribution in [0.3, 0.4) is 0 Å². The van der Waals surface area contributed by atoms with Crippen LogP contribution in [0.5, 0.6) is 0 Å². The van der Waals surface area contributed by atoms with Gasteiger partial charge in [0.05, 0.1) is 5.56 Å². The molecular formula is C13H20N4OS. The maximum atomic E-state index is 12.1. The largest absolute Gasteiger partial charge is 0.349 e. The third kappa shape index (κ3) is 3.84. The Balaban J connectivity index is 1.87. The van der Waals surface area contributed by atoms with Gasteiger partial charge in [0.1, 0.15) is 5.82 Å². The molecule has 0 aliphatic heterocycles. The molecule has 5 nitrogen and oxygen atoms in total. The standard InChI is InChI=1S/C13H20N4OS/c1-2-19-11-5-4-10(7-11)16-13(18)9-3-6-12(17-14)15-8-9/h3,6,8,10-11H,2,4-5,7,14H2,1H3,(H,15,17)(H,16,18). The van der Waals surface area contributed by atoms with Crippen molar-refractivity contribution in [3.05, 3.63) is 23.9 Å². The molecule has 1 aliphatic carbocycles. The summed E-state index contributed by atoms with van der Waals surface area (Å²) < 4.78 is 0. The van der Waals surface area contributed by atoms with Gasteiger partial charge in [-0.1, -0.05) is 6.92 Å². The van der Waals surface area contributed by atoms with Crippen molar-refractivity contribution in [2.45, 2.75) is 37.5 Å². The van der Waals surface area contributed by atoms with Crippen molar-refractivity contribution in [1.82, 2.24) is 10.3 Å². The Labute approximate surface area is 117 Å². The molecule has 2 atom stereocenters. The van der Waals surface area contributed by atoms with E-state index < -0.39 is 0 Å². The van der Waals surface area contributed by atoms with Gasteiger partial charge in [-0.25, -0.2) is 10.8 Å². The second-order valence-corrected chi connectivity index (χ2v) is 6.21. The Hall–Kier alpha value is -1.27. The lowest BCUT2D eigenvalue weighted by atomic mass is 10.2. The van der Waals surface area contributed by atoms with E-state index in [9.17, 15) is 4.79 Å². The van der Waals surface area contributed by atoms with Crippen LogP contribution in [0.25, 0.3) is 0 Å². The fourth-order valence-electron chi connectivity index (χ4n) is 2.34. The number of pyridine rings is 1. The minimum atomic E-state index is -0.0526. The van der Waals surface area contributed by atoms with Crippen molar-refractivity contribution in [3.63, 3.8) is 0 Å². The van der Waals surface area contributed by atoms with E-state index in [4.69, 9.17) is 5.84 Å². The molecule has 6 heteroatoms. The molecule has 2 unspecified atom stereocenters. The fraction of sp³-hybridized carbons (Fsp3) is 0.538. The normalized spacial score (nSPS) is 22.2. The predicted molar refractivity (Wildman–Crippen MR) is 79.1 cm³/mol. The summed E-state index contributed by atoms with van der Waals surface area (Å²) >= 11 is 1.98. The Bertz CT molecular complexity index is 423. The third-order valence-corrected chi connectivity index (χ3v) is 4.53. The first kappa shape index (κ1) is 14.1. The van der Waals surface area contributed by atoms with Gasteiger partial charge in [0.15, 0.2) is 0 Å². The molecule has 1 saturated carbocycles. The highest BCUT2D eigenvalue weighted by Gasteiger charge is 2.25. The van der Waals surface area contributed by atoms with E-state index in [-0.39, 0.29) is 5.91 Å². The van der Waals surface area contributed by atoms with Crippen molar-refractivity contribution >= 4 is 23.5 Å². The lowest BCUT2D eigenvalue weighted by molar-refractivity contribution is 0.0937. The number of hydrogen-bond acceptors (Lipinski definition) is 5. The van der Waals surface area contributed by atoms with Crippen molar-refractivity contribution in [2.75, 3.05) is 11.2 Å². The highest BCUT2D eigenvalue weighted by Crippen LogP contribution is 2.29. The van der Waals surface area contributed by atoms with Crippen molar-refractivity contribution in [1.29, 1.82) is 0 Å². The molecule has 4 N–H and O–H groups in total. The van der Waals surface area contributed by atoms with Gasteiger partial charge in [0.2, 0.25) is 0 Å². The Kier molecular flexibility index (Phi) is 5.04. The van der Waals surface area contributed by atoms with E-state index in [1.807, 2.05) is 11.8 Å². The summed E-state index contributed by atoms with van der Waals surface area (Å²) in [7, 11) is 0. The summed E-state index contributed by atoms with van der Waals surface area (Å²) in [6.45, 7) is 2.18. The average molecular weight is 280 g/mol. The highest BCUT2D eigenvalue weighted by atomic mass is 32.2. The van der Waals surface area contributed by atoms with E-state index in [1.165, 1.54) is 12.6 Å². The van der Waals surface area contributed by atoms with Crippen LogP contribution < -0.4 is 16.6 Å². The summed E-state index contributed by atoms with van der Waals surface area (Å²) in [5, 5.41) is 3.77. The quantitative estimate of drug-likeness (QED) is 0.566. The molecule has 1 fully saturated rings. The number of carbonyl (C=O) groups is 1. The van der Waals surface area contributed by atoms with Gasteiger partial charge in [-0.2, -0.15) is 11.8 Å². The number of nitrogens with one attached hydrogen (secondary N) is 2. The van der Waals surface area contributed by atoms with E-state index in [1.54, 1.807) is 12.1 Å². The second kappa shape index (κ2) is 6.77. The number of thioether (sulfide) groups is 1. The molecule has 0 spiro atoms. The number of nitrogens with zero attached hydrogens (tertiary/aromatic N) is 1. The van der Waals surface area contributed by atoms with Crippen LogP contribution in [0.2, 0.25) is 0 Å². The zero-order valence-corrected chi connectivity index (χ0v) is 11.9. The summed E-state index contributed by atoms with van der Waals surface area (Å²) in [6, 6.07) is 3.72. The monoisotopic (exact) mass is 280 g/mol. The minimum absolute atomic E-state index is 0.0526. The minimum Gasteiger partial charge on any atom is -0.349 e. The summed E-state index contributed by atoms with van der Waals surface area (Å²) in [4.78, 5) is 16.1. The smallest absolute Gasteiger partial charge is 0.253 e. The number of hydrazine groups is 1. The van der Waals surface area contributed by atoms with Crippen LogP contribution in [-0.4, -0.2) is 27.9 Å². The summed E-state index contributed by atoms with van der Waals surface area (Å²) in [6.07, 6.45) is 4.87. The Morgan fingerprint density at radius 2 is 2.37 bits per heavy atom. The number of nitrogens with two attached hydrogens (primary N) is 1. The van der Waals surface area contributed by atoms with Crippen LogP contribution in [-0.2, 0) is 0 Å². The maximum absolute atomic E-state index is 12.1. The second-order valence-electron chi connectivity index (χ2n) is 4.64. The molecule has 1 aromatic heterocycles. The lowest BCUT2D eigenvalue weighted by Gasteiger charge is -2.13. The van der Waals surface area contributed by atoms with Gasteiger partial charge in [0.25, 0.3) is 5.91 Å². The first-order valence-electron chi connectivity index (χ1n) is 6.58. The van der Waals surface area contributed by atoms with Gasteiger partial charge in [-0.15, -0.1) is 0 Å². The first-order chi connectivity index (χ1) is 9.22. The Morgan fingerprint density at radius 1 is 1.53 bits per heavy atom. The van der Waals surface area contributed by atoms with Crippen LogP contribution in [0.4, 0.5) is 5.82 Å². The lowest BCUT2D eigenvalue weighted by Crippen LogP contribution is -2.33. The number of rotatable bonds is 5. The number of carbonyl (C=O) groups excluding carboxylic acids is 1. The first-order valence-corrected chi connectivity index (χ1v) is 7.63. The van der Waals surface area contributed by atoms with Crippen LogP contribution in [0.15, 0.2) is 18.3 Å². The van der Waals surface area contributed by atoms with Crippen molar-refractivity contribution < 1.29 is 4.79 Å². The summed E-state index contributed by atoms with van der Waals surface area (Å²) in [5.41, 5.74) is 3.02. The fourth-order valence-corrected chi connectivity index (χ4v) is 3.48. The molecule has 1 aromatic rings. The number of hydrogen-bond donors (Lipinski definition) is 3. The molecule has 1 aliphatic rings. The molecule has 0 radical (unpaired) electrons. The predicted octanol–water partition coefficient (Wildman–Crippen LogP) is 1.77. The molecule has 19 heavy (non-hydrogen) atoms. The number of amides is 1. The van der Waals surface area contributed by atoms with Crippen molar-refractivity contribution in [3.8, 4) is 0 Å². The maximum Gasteiger partial charge on any atom is 0.253 e. The topological polar surface area (TPSA) is 80.0 Å². The number of nitrogen functional groups attached to an aromatic ring is 1. The van der Waals surface area contributed by atoms with Crippen LogP contribution in [0, 0.1) is 0 Å². The molecule has 2 rings (SSSR count). The van der Waals surface area contributed by atoms with E-state index >= 15 is 0 Å². The van der Waals surface area contributed by atoms with Crippen molar-refractivity contribution in [2.24, 2.45) is 5.84 Å².